The van der Waals surface area contributed by atoms with Gasteiger partial charge in [0.2, 0.25) is 5.91 Å². The Bertz CT molecular complexity index is 802. The number of amides is 3. The third-order valence-electron chi connectivity index (χ3n) is 4.46. The number of rotatable bonds is 4. The molecule has 26 heavy (non-hydrogen) atoms. The number of nitrogens with one attached hydrogen (secondary N) is 2. The van der Waals surface area contributed by atoms with Gasteiger partial charge in [-0.2, -0.15) is 5.10 Å². The van der Waals surface area contributed by atoms with Crippen LogP contribution in [0.15, 0.2) is 30.5 Å². The maximum Gasteiger partial charge on any atom is 0.320 e. The number of piperidine rings is 1. The summed E-state index contributed by atoms with van der Waals surface area (Å²) in [5.74, 6) is 0.762. The number of anilines is 1. The zero-order chi connectivity index (χ0) is 18.7. The maximum atomic E-state index is 12.4. The number of hydrogen-bond acceptors (Lipinski definition) is 3. The van der Waals surface area contributed by atoms with Crippen LogP contribution in [0, 0.1) is 6.92 Å². The van der Waals surface area contributed by atoms with E-state index in [1.807, 2.05) is 31.2 Å². The molecule has 138 valence electrons. The summed E-state index contributed by atoms with van der Waals surface area (Å²) < 4.78 is 1.74. The molecule has 1 aromatic carbocycles. The van der Waals surface area contributed by atoms with Gasteiger partial charge in [-0.05, 0) is 31.0 Å². The highest BCUT2D eigenvalue weighted by Crippen LogP contribution is 2.17. The fourth-order valence-electron chi connectivity index (χ4n) is 2.98. The maximum absolute atomic E-state index is 12.4. The zero-order valence-electron chi connectivity index (χ0n) is 14.8. The molecule has 0 bridgehead atoms. The van der Waals surface area contributed by atoms with Gasteiger partial charge in [0.25, 0.3) is 0 Å². The fraction of sp³-hybridized carbons (Fsp3) is 0.389. The number of nitrogens with zero attached hydrogens (tertiary/aromatic N) is 3. The zero-order valence-corrected chi connectivity index (χ0v) is 15.6. The van der Waals surface area contributed by atoms with Crippen molar-refractivity contribution in [1.29, 1.82) is 0 Å². The van der Waals surface area contributed by atoms with Crippen LogP contribution < -0.4 is 10.6 Å². The number of carbonyl (C=O) groups excluding carboxylic acids is 2. The van der Waals surface area contributed by atoms with Gasteiger partial charge in [0.15, 0.2) is 0 Å². The lowest BCUT2D eigenvalue weighted by molar-refractivity contribution is -0.132. The second-order valence-electron chi connectivity index (χ2n) is 6.57. The minimum absolute atomic E-state index is 0.0503. The van der Waals surface area contributed by atoms with Crippen LogP contribution in [0.3, 0.4) is 0 Å². The molecule has 2 N–H and O–H groups in total. The lowest BCUT2D eigenvalue weighted by Gasteiger charge is -2.30. The summed E-state index contributed by atoms with van der Waals surface area (Å²) in [6, 6.07) is 7.17. The summed E-state index contributed by atoms with van der Waals surface area (Å²) in [7, 11) is 1.75. The molecule has 0 unspecified atom stereocenters. The average molecular weight is 376 g/mol. The number of carbonyl (C=O) groups is 2. The Hall–Kier alpha value is -2.54. The highest BCUT2D eigenvalue weighted by Gasteiger charge is 2.24. The third kappa shape index (κ3) is 4.35. The molecule has 1 aliphatic heterocycles. The first-order valence-electron chi connectivity index (χ1n) is 8.50. The van der Waals surface area contributed by atoms with Gasteiger partial charge in [0.1, 0.15) is 5.82 Å². The minimum Gasteiger partial charge on any atom is -0.344 e. The quantitative estimate of drug-likeness (QED) is 0.862. The van der Waals surface area contributed by atoms with Gasteiger partial charge in [-0.15, -0.1) is 0 Å². The van der Waals surface area contributed by atoms with Crippen molar-refractivity contribution < 1.29 is 9.59 Å². The Labute approximate surface area is 157 Å². The molecule has 0 spiro atoms. The normalized spacial score (nSPS) is 17.3. The molecule has 0 radical (unpaired) electrons. The molecular weight excluding hydrogens is 354 g/mol. The molecule has 0 aliphatic carbocycles. The molecule has 3 rings (SSSR count). The van der Waals surface area contributed by atoms with E-state index in [-0.39, 0.29) is 18.0 Å². The number of urea groups is 1. The van der Waals surface area contributed by atoms with Crippen LogP contribution >= 0.6 is 11.6 Å². The first kappa shape index (κ1) is 18.3. The number of benzene rings is 1. The lowest BCUT2D eigenvalue weighted by atomic mass is 10.1. The number of aromatic nitrogens is 2. The van der Waals surface area contributed by atoms with Gasteiger partial charge in [-0.1, -0.05) is 23.7 Å². The number of likely N-dealkylation sites (N-methyl/N-ethyl adjacent to an activating group) is 1. The van der Waals surface area contributed by atoms with E-state index < -0.39 is 0 Å². The van der Waals surface area contributed by atoms with E-state index >= 15 is 0 Å². The number of likely N-dealkylation sites (tertiary alicyclic amines) is 1. The van der Waals surface area contributed by atoms with Crippen molar-refractivity contribution in [3.8, 4) is 0 Å². The average Bonchev–Trinajstić information content (AvgIpc) is 2.93. The largest absolute Gasteiger partial charge is 0.344 e. The Morgan fingerprint density at radius 1 is 1.35 bits per heavy atom. The van der Waals surface area contributed by atoms with Gasteiger partial charge in [0, 0.05) is 36.6 Å². The minimum atomic E-state index is -0.293. The third-order valence-corrected chi connectivity index (χ3v) is 4.71. The molecule has 1 fully saturated rings. The molecule has 7 nitrogen and oxygen atoms in total. The van der Waals surface area contributed by atoms with Crippen LogP contribution in [-0.4, -0.2) is 46.3 Å². The summed E-state index contributed by atoms with van der Waals surface area (Å²) >= 11 is 5.92. The van der Waals surface area contributed by atoms with E-state index in [2.05, 4.69) is 15.7 Å². The topological polar surface area (TPSA) is 79.3 Å². The van der Waals surface area contributed by atoms with Crippen molar-refractivity contribution in [3.05, 3.63) is 46.6 Å². The van der Waals surface area contributed by atoms with E-state index in [1.54, 1.807) is 22.8 Å². The van der Waals surface area contributed by atoms with Crippen LogP contribution in [0.4, 0.5) is 10.6 Å². The summed E-state index contributed by atoms with van der Waals surface area (Å²) in [5.41, 5.74) is 1.92. The SMILES string of the molecule is Cc1cnn(Cc2ccc(Cl)cc2)c1NC(=O)N[C@H]1CCC(=O)N(C)C1. The van der Waals surface area contributed by atoms with E-state index in [0.717, 1.165) is 11.1 Å². The second-order valence-corrected chi connectivity index (χ2v) is 7.01. The molecule has 3 amide bonds. The number of hydrogen-bond donors (Lipinski definition) is 2. The monoisotopic (exact) mass is 375 g/mol. The highest BCUT2D eigenvalue weighted by molar-refractivity contribution is 6.30. The Balaban J connectivity index is 1.64. The second kappa shape index (κ2) is 7.78. The van der Waals surface area contributed by atoms with E-state index in [1.165, 1.54) is 0 Å². The number of halogens is 1. The molecule has 2 aromatic rings. The smallest absolute Gasteiger partial charge is 0.320 e. The van der Waals surface area contributed by atoms with Crippen molar-refractivity contribution in [2.75, 3.05) is 18.9 Å². The van der Waals surface area contributed by atoms with E-state index in [9.17, 15) is 9.59 Å². The summed E-state index contributed by atoms with van der Waals surface area (Å²) in [5, 5.41) is 10.8. The summed E-state index contributed by atoms with van der Waals surface area (Å²) in [4.78, 5) is 25.6. The first-order valence-corrected chi connectivity index (χ1v) is 8.88. The van der Waals surface area contributed by atoms with Crippen LogP contribution in [0.25, 0.3) is 0 Å². The fourth-order valence-corrected chi connectivity index (χ4v) is 3.11. The van der Waals surface area contributed by atoms with Gasteiger partial charge < -0.3 is 10.2 Å². The molecule has 1 saturated heterocycles. The highest BCUT2D eigenvalue weighted by atomic mass is 35.5. The number of aryl methyl sites for hydroxylation is 1. The standard InChI is InChI=1S/C18H22ClN5O2/c1-12-9-20-24(10-13-3-5-14(19)6-4-13)17(12)22-18(26)21-15-7-8-16(25)23(2)11-15/h3-6,9,15H,7-8,10-11H2,1-2H3,(H2,21,22,26)/t15-/m0/s1. The van der Waals surface area contributed by atoms with Crippen molar-refractivity contribution in [2.45, 2.75) is 32.4 Å². The van der Waals surface area contributed by atoms with E-state index in [4.69, 9.17) is 11.6 Å². The van der Waals surface area contributed by atoms with Crippen LogP contribution in [0.5, 0.6) is 0 Å². The van der Waals surface area contributed by atoms with Crippen LogP contribution in [-0.2, 0) is 11.3 Å². The van der Waals surface area contributed by atoms with Crippen molar-refractivity contribution in [3.63, 3.8) is 0 Å². The Morgan fingerprint density at radius 2 is 2.08 bits per heavy atom. The van der Waals surface area contributed by atoms with Crippen molar-refractivity contribution >= 4 is 29.4 Å². The molecule has 1 aromatic heterocycles. The van der Waals surface area contributed by atoms with Gasteiger partial charge in [-0.25, -0.2) is 9.48 Å². The van der Waals surface area contributed by atoms with Gasteiger partial charge >= 0.3 is 6.03 Å². The van der Waals surface area contributed by atoms with Gasteiger partial charge in [0.05, 0.1) is 12.7 Å². The Kier molecular flexibility index (Phi) is 5.46. The van der Waals surface area contributed by atoms with Gasteiger partial charge in [-0.3, -0.25) is 10.1 Å². The molecular formula is C18H22ClN5O2. The first-order chi connectivity index (χ1) is 12.4. The summed E-state index contributed by atoms with van der Waals surface area (Å²) in [6.45, 7) is 2.95. The van der Waals surface area contributed by atoms with Crippen molar-refractivity contribution in [2.24, 2.45) is 0 Å². The molecule has 1 aliphatic rings. The molecule has 1 atom stereocenters. The summed E-state index contributed by atoms with van der Waals surface area (Å²) in [6.07, 6.45) is 2.83. The molecule has 8 heteroatoms. The predicted octanol–water partition coefficient (Wildman–Crippen LogP) is 2.64. The Morgan fingerprint density at radius 3 is 2.77 bits per heavy atom. The van der Waals surface area contributed by atoms with E-state index in [0.29, 0.717) is 36.8 Å². The molecule has 0 saturated carbocycles. The van der Waals surface area contributed by atoms with Crippen LogP contribution in [0.1, 0.15) is 24.0 Å². The predicted molar refractivity (Wildman–Crippen MR) is 100 cm³/mol. The lowest BCUT2D eigenvalue weighted by Crippen LogP contribution is -2.49. The van der Waals surface area contributed by atoms with Crippen LogP contribution in [0.2, 0.25) is 5.02 Å². The molecule has 2 heterocycles. The van der Waals surface area contributed by atoms with Crippen molar-refractivity contribution in [1.82, 2.24) is 20.0 Å².